The van der Waals surface area contributed by atoms with Crippen LogP contribution in [-0.4, -0.2) is 21.1 Å². The van der Waals surface area contributed by atoms with Crippen LogP contribution in [0.1, 0.15) is 11.1 Å². The van der Waals surface area contributed by atoms with E-state index in [4.69, 9.17) is 12.2 Å². The fourth-order valence-electron chi connectivity index (χ4n) is 2.04. The molecular formula is C16H13FN4S. The van der Waals surface area contributed by atoms with Crippen LogP contribution in [0.5, 0.6) is 0 Å². The van der Waals surface area contributed by atoms with Gasteiger partial charge >= 0.3 is 0 Å². The summed E-state index contributed by atoms with van der Waals surface area (Å²) < 4.78 is 14.9. The minimum atomic E-state index is -0.298. The molecule has 0 aliphatic heterocycles. The molecule has 0 aliphatic carbocycles. The topological polar surface area (TPSA) is 46.0 Å². The van der Waals surface area contributed by atoms with Crippen molar-refractivity contribution in [2.24, 2.45) is 5.10 Å². The molecule has 0 amide bonds. The molecule has 0 unspecified atom stereocenters. The Morgan fingerprint density at radius 2 is 1.91 bits per heavy atom. The molecule has 0 spiro atoms. The molecule has 3 rings (SSSR count). The number of aromatic nitrogens is 3. The Balaban J connectivity index is 2.01. The molecule has 0 atom stereocenters. The van der Waals surface area contributed by atoms with Crippen molar-refractivity contribution in [3.8, 4) is 11.4 Å². The van der Waals surface area contributed by atoms with Gasteiger partial charge in [0.05, 0.1) is 6.21 Å². The van der Waals surface area contributed by atoms with E-state index < -0.39 is 0 Å². The summed E-state index contributed by atoms with van der Waals surface area (Å²) in [5, 5.41) is 11.3. The first kappa shape index (κ1) is 14.3. The van der Waals surface area contributed by atoms with Crippen LogP contribution in [0, 0.1) is 17.5 Å². The van der Waals surface area contributed by atoms with Crippen molar-refractivity contribution in [1.29, 1.82) is 0 Å². The zero-order chi connectivity index (χ0) is 15.5. The summed E-state index contributed by atoms with van der Waals surface area (Å²) in [6.45, 7) is 2.01. The molecule has 6 heteroatoms. The average molecular weight is 312 g/mol. The quantitative estimate of drug-likeness (QED) is 0.588. The maximum absolute atomic E-state index is 13.0. The van der Waals surface area contributed by atoms with Gasteiger partial charge in [0.25, 0.3) is 0 Å². The first-order chi connectivity index (χ1) is 10.6. The van der Waals surface area contributed by atoms with Gasteiger partial charge in [0.2, 0.25) is 4.77 Å². The number of H-pyrrole nitrogens is 1. The lowest BCUT2D eigenvalue weighted by molar-refractivity contribution is 0.628. The van der Waals surface area contributed by atoms with Crippen LogP contribution in [0.2, 0.25) is 0 Å². The number of benzene rings is 2. The highest BCUT2D eigenvalue weighted by Gasteiger charge is 2.08. The summed E-state index contributed by atoms with van der Waals surface area (Å²) in [6, 6.07) is 13.9. The van der Waals surface area contributed by atoms with Crippen LogP contribution >= 0.6 is 12.2 Å². The first-order valence-electron chi connectivity index (χ1n) is 6.68. The molecule has 1 aromatic heterocycles. The van der Waals surface area contributed by atoms with Gasteiger partial charge < -0.3 is 0 Å². The molecule has 22 heavy (non-hydrogen) atoms. The number of halogens is 1. The standard InChI is InChI=1S/C16H13FN4S/c1-11-4-2-3-5-13(11)10-18-21-15(19-20-16(21)22)12-6-8-14(17)9-7-12/h2-10H,1H3,(H,20,22). The predicted octanol–water partition coefficient (Wildman–Crippen LogP) is 3.94. The molecule has 1 heterocycles. The van der Waals surface area contributed by atoms with E-state index in [0.29, 0.717) is 10.6 Å². The van der Waals surface area contributed by atoms with Crippen molar-refractivity contribution in [2.45, 2.75) is 6.92 Å². The van der Waals surface area contributed by atoms with Gasteiger partial charge in [-0.25, -0.2) is 9.49 Å². The summed E-state index contributed by atoms with van der Waals surface area (Å²) >= 11 is 5.20. The van der Waals surface area contributed by atoms with Crippen molar-refractivity contribution >= 4 is 18.4 Å². The molecule has 2 aromatic carbocycles. The van der Waals surface area contributed by atoms with Crippen molar-refractivity contribution in [3.05, 3.63) is 70.2 Å². The van der Waals surface area contributed by atoms with E-state index in [1.54, 1.807) is 18.3 Å². The maximum atomic E-state index is 13.0. The van der Waals surface area contributed by atoms with Crippen LogP contribution < -0.4 is 0 Å². The van der Waals surface area contributed by atoms with Crippen molar-refractivity contribution in [3.63, 3.8) is 0 Å². The van der Waals surface area contributed by atoms with Gasteiger partial charge in [-0.05, 0) is 54.5 Å². The smallest absolute Gasteiger partial charge is 0.216 e. The van der Waals surface area contributed by atoms with Crippen molar-refractivity contribution in [1.82, 2.24) is 14.9 Å². The van der Waals surface area contributed by atoms with Crippen molar-refractivity contribution in [2.75, 3.05) is 0 Å². The number of aryl methyl sites for hydroxylation is 1. The SMILES string of the molecule is Cc1ccccc1C=Nn1c(-c2ccc(F)cc2)n[nH]c1=S. The average Bonchev–Trinajstić information content (AvgIpc) is 2.88. The third kappa shape index (κ3) is 2.87. The lowest BCUT2D eigenvalue weighted by Gasteiger charge is -2.02. The van der Waals surface area contributed by atoms with Gasteiger partial charge in [0.1, 0.15) is 5.82 Å². The zero-order valence-corrected chi connectivity index (χ0v) is 12.6. The molecule has 110 valence electrons. The van der Waals surface area contributed by atoms with E-state index in [2.05, 4.69) is 15.3 Å². The Hall–Kier alpha value is -2.60. The highest BCUT2D eigenvalue weighted by molar-refractivity contribution is 7.71. The number of hydrogen-bond donors (Lipinski definition) is 1. The Morgan fingerprint density at radius 1 is 1.18 bits per heavy atom. The molecular weight excluding hydrogens is 299 g/mol. The van der Waals surface area contributed by atoms with Gasteiger partial charge in [-0.2, -0.15) is 14.9 Å². The molecule has 0 saturated carbocycles. The molecule has 4 nitrogen and oxygen atoms in total. The summed E-state index contributed by atoms with van der Waals surface area (Å²) in [5.41, 5.74) is 2.84. The second-order valence-corrected chi connectivity index (χ2v) is 5.16. The molecule has 0 aliphatic rings. The van der Waals surface area contributed by atoms with Gasteiger partial charge in [-0.15, -0.1) is 0 Å². The lowest BCUT2D eigenvalue weighted by atomic mass is 10.1. The Kier molecular flexibility index (Phi) is 3.93. The number of hydrogen-bond acceptors (Lipinski definition) is 3. The molecule has 0 fully saturated rings. The van der Waals surface area contributed by atoms with E-state index in [-0.39, 0.29) is 5.82 Å². The first-order valence-corrected chi connectivity index (χ1v) is 7.09. The second-order valence-electron chi connectivity index (χ2n) is 4.77. The molecule has 1 N–H and O–H groups in total. The molecule has 0 saturated heterocycles. The fraction of sp³-hybridized carbons (Fsp3) is 0.0625. The summed E-state index contributed by atoms with van der Waals surface area (Å²) in [5.74, 6) is 0.239. The molecule has 3 aromatic rings. The van der Waals surface area contributed by atoms with Crippen LogP contribution in [0.4, 0.5) is 4.39 Å². The van der Waals surface area contributed by atoms with E-state index in [0.717, 1.165) is 16.7 Å². The second kappa shape index (κ2) is 6.03. The zero-order valence-electron chi connectivity index (χ0n) is 11.8. The minimum Gasteiger partial charge on any atom is -0.250 e. The normalized spacial score (nSPS) is 11.2. The monoisotopic (exact) mass is 312 g/mol. The number of aromatic amines is 1. The highest BCUT2D eigenvalue weighted by atomic mass is 32.1. The van der Waals surface area contributed by atoms with E-state index in [9.17, 15) is 4.39 Å². The maximum Gasteiger partial charge on any atom is 0.216 e. The van der Waals surface area contributed by atoms with E-state index >= 15 is 0 Å². The Bertz CT molecular complexity index is 878. The van der Waals surface area contributed by atoms with Gasteiger partial charge in [0, 0.05) is 5.56 Å². The van der Waals surface area contributed by atoms with Gasteiger partial charge in [-0.1, -0.05) is 24.3 Å². The number of nitrogens with zero attached hydrogens (tertiary/aromatic N) is 3. The minimum absolute atomic E-state index is 0.298. The molecule has 0 bridgehead atoms. The van der Waals surface area contributed by atoms with E-state index in [1.807, 2.05) is 31.2 Å². The number of rotatable bonds is 3. The lowest BCUT2D eigenvalue weighted by Crippen LogP contribution is -1.96. The highest BCUT2D eigenvalue weighted by Crippen LogP contribution is 2.17. The third-order valence-corrected chi connectivity index (χ3v) is 3.52. The van der Waals surface area contributed by atoms with Crippen LogP contribution in [-0.2, 0) is 0 Å². The van der Waals surface area contributed by atoms with Crippen LogP contribution in [0.15, 0.2) is 53.6 Å². The molecule has 0 radical (unpaired) electrons. The van der Waals surface area contributed by atoms with Crippen LogP contribution in [0.3, 0.4) is 0 Å². The fourth-order valence-corrected chi connectivity index (χ4v) is 2.22. The largest absolute Gasteiger partial charge is 0.250 e. The van der Waals surface area contributed by atoms with Gasteiger partial charge in [-0.3, -0.25) is 0 Å². The number of nitrogens with one attached hydrogen (secondary N) is 1. The Labute approximate surface area is 131 Å². The Morgan fingerprint density at radius 3 is 2.64 bits per heavy atom. The summed E-state index contributed by atoms with van der Waals surface area (Å²) in [4.78, 5) is 0. The summed E-state index contributed by atoms with van der Waals surface area (Å²) in [6.07, 6.45) is 1.73. The van der Waals surface area contributed by atoms with Crippen molar-refractivity contribution < 1.29 is 4.39 Å². The third-order valence-electron chi connectivity index (χ3n) is 3.25. The predicted molar refractivity (Wildman–Crippen MR) is 87.0 cm³/mol. The summed E-state index contributed by atoms with van der Waals surface area (Å²) in [7, 11) is 0. The van der Waals surface area contributed by atoms with Crippen LogP contribution in [0.25, 0.3) is 11.4 Å². The van der Waals surface area contributed by atoms with Gasteiger partial charge in [0.15, 0.2) is 5.82 Å². The van der Waals surface area contributed by atoms with E-state index in [1.165, 1.54) is 16.8 Å².